The molecule has 2 saturated carbocycles. The van der Waals surface area contributed by atoms with Crippen molar-refractivity contribution < 1.29 is 51.2 Å². The van der Waals surface area contributed by atoms with Crippen LogP contribution in [0.25, 0.3) is 0 Å². The minimum absolute atomic E-state index is 0.00792. The third-order valence-corrected chi connectivity index (χ3v) is 9.67. The zero-order valence-corrected chi connectivity index (χ0v) is 17.9. The molecule has 4 unspecified atom stereocenters. The lowest BCUT2D eigenvalue weighted by Gasteiger charge is -2.48. The van der Waals surface area contributed by atoms with E-state index in [1.165, 1.54) is 25.7 Å². The molecule has 1 heterocycles. The maximum Gasteiger partial charge on any atom is 0.278 e. The van der Waals surface area contributed by atoms with Crippen LogP contribution >= 0.6 is 23.5 Å². The maximum atomic E-state index is 11.6. The molecule has 7 atom stereocenters. The Balaban J connectivity index is 1.49. The first-order valence-electron chi connectivity index (χ1n) is 9.22. The Bertz CT molecular complexity index is 705. The largest absolute Gasteiger partial charge is 0.790 e. The van der Waals surface area contributed by atoms with Gasteiger partial charge in [0.25, 0.3) is 15.6 Å². The fraction of sp³-hybridized carbons (Fsp3) is 1.00. The quantitative estimate of drug-likeness (QED) is 0.435. The van der Waals surface area contributed by atoms with Crippen LogP contribution in [0.3, 0.4) is 0 Å². The summed E-state index contributed by atoms with van der Waals surface area (Å²) in [6, 6.07) is 0. The fourth-order valence-electron chi connectivity index (χ4n) is 4.33. The lowest BCUT2D eigenvalue weighted by atomic mass is 9.59. The summed E-state index contributed by atoms with van der Waals surface area (Å²) in [6.07, 6.45) is 6.24. The van der Waals surface area contributed by atoms with E-state index in [9.17, 15) is 33.3 Å². The first-order valence-corrected chi connectivity index (χ1v) is 13.6. The van der Waals surface area contributed by atoms with Crippen LogP contribution in [0, 0.1) is 23.7 Å². The standard InChI is InChI=1S/C14H27O11P3/c1-9-7-13(12-6-5-11(12)10-3-2-4-10)23-14(9)8-22-27(18,19)25-28(20,21)24-26(15,16)17/h9-14H,2-8H2,1H3,(H,18,19)(H,20,21)(H2,15,16,17)/p-4/t9?,11-,12?,13+,14+/m0/s1. The highest BCUT2D eigenvalue weighted by molar-refractivity contribution is 7.64. The van der Waals surface area contributed by atoms with Gasteiger partial charge in [0.2, 0.25) is 0 Å². The van der Waals surface area contributed by atoms with E-state index in [-0.39, 0.29) is 12.0 Å². The van der Waals surface area contributed by atoms with Gasteiger partial charge in [-0.3, -0.25) is 13.4 Å². The molecule has 0 amide bonds. The second kappa shape index (κ2) is 8.48. The topological polar surface area (TPSA) is 180 Å². The Hall–Kier alpha value is 0.370. The number of ether oxygens (including phenoxy) is 1. The predicted molar refractivity (Wildman–Crippen MR) is 86.9 cm³/mol. The molecule has 11 nitrogen and oxygen atoms in total. The summed E-state index contributed by atoms with van der Waals surface area (Å²) in [4.78, 5) is 43.5. The summed E-state index contributed by atoms with van der Waals surface area (Å²) in [5, 5.41) is 0. The molecule has 14 heteroatoms. The average Bonchev–Trinajstić information content (AvgIpc) is 2.75. The Labute approximate surface area is 163 Å². The van der Waals surface area contributed by atoms with Crippen molar-refractivity contribution in [3.8, 4) is 0 Å². The Morgan fingerprint density at radius 1 is 0.929 bits per heavy atom. The van der Waals surface area contributed by atoms with Crippen molar-refractivity contribution in [2.45, 2.75) is 57.7 Å². The van der Waals surface area contributed by atoms with Crippen molar-refractivity contribution in [3.63, 3.8) is 0 Å². The smallest absolute Gasteiger partial charge is 0.278 e. The normalized spacial score (nSPS) is 38.2. The lowest BCUT2D eigenvalue weighted by molar-refractivity contribution is -0.339. The molecule has 3 aliphatic rings. The first-order chi connectivity index (χ1) is 12.9. The van der Waals surface area contributed by atoms with Crippen LogP contribution in [0.1, 0.15) is 45.4 Å². The molecular weight excluding hydrogens is 437 g/mol. The fourth-order valence-corrected chi connectivity index (χ4v) is 7.19. The first kappa shape index (κ1) is 23.0. The summed E-state index contributed by atoms with van der Waals surface area (Å²) in [7, 11) is -17.4. The summed E-state index contributed by atoms with van der Waals surface area (Å²) in [6.45, 7) is 1.40. The molecule has 0 N–H and O–H groups in total. The molecular formula is C14H23O11P3-4. The highest BCUT2D eigenvalue weighted by Gasteiger charge is 2.47. The highest BCUT2D eigenvalue weighted by atomic mass is 31.3. The summed E-state index contributed by atoms with van der Waals surface area (Å²) >= 11 is 0. The molecule has 164 valence electrons. The van der Waals surface area contributed by atoms with Crippen LogP contribution in [0.4, 0.5) is 0 Å². The summed E-state index contributed by atoms with van der Waals surface area (Å²) in [5.41, 5.74) is 0. The van der Waals surface area contributed by atoms with Gasteiger partial charge in [-0.25, -0.2) is 4.31 Å². The molecule has 2 aliphatic carbocycles. The van der Waals surface area contributed by atoms with Gasteiger partial charge in [-0.15, -0.1) is 0 Å². The Morgan fingerprint density at radius 3 is 2.07 bits per heavy atom. The second-order valence-corrected chi connectivity index (χ2v) is 12.1. The van der Waals surface area contributed by atoms with Crippen molar-refractivity contribution in [2.24, 2.45) is 23.7 Å². The number of hydrogen-bond donors (Lipinski definition) is 0. The van der Waals surface area contributed by atoms with Gasteiger partial charge in [0.05, 0.1) is 26.6 Å². The number of phosphoric ester groups is 1. The van der Waals surface area contributed by atoms with Crippen LogP contribution in [-0.2, 0) is 31.6 Å². The molecule has 0 bridgehead atoms. The number of hydrogen-bond acceptors (Lipinski definition) is 11. The van der Waals surface area contributed by atoms with Crippen molar-refractivity contribution in [3.05, 3.63) is 0 Å². The monoisotopic (exact) mass is 460 g/mol. The van der Waals surface area contributed by atoms with Crippen LogP contribution in [0.2, 0.25) is 0 Å². The lowest BCUT2D eigenvalue weighted by Crippen LogP contribution is -2.42. The minimum Gasteiger partial charge on any atom is -0.790 e. The summed E-state index contributed by atoms with van der Waals surface area (Å²) < 4.78 is 50.4. The van der Waals surface area contributed by atoms with Crippen molar-refractivity contribution >= 4 is 23.5 Å². The van der Waals surface area contributed by atoms with Crippen LogP contribution in [0.15, 0.2) is 0 Å². The molecule has 0 spiro atoms. The Kier molecular flexibility index (Phi) is 6.98. The predicted octanol–water partition coefficient (Wildman–Crippen LogP) is 0.422. The molecule has 28 heavy (non-hydrogen) atoms. The second-order valence-electron chi connectivity index (χ2n) is 7.82. The van der Waals surface area contributed by atoms with E-state index < -0.39 is 36.2 Å². The van der Waals surface area contributed by atoms with E-state index in [1.54, 1.807) is 0 Å². The third-order valence-electron chi connectivity index (χ3n) is 6.00. The van der Waals surface area contributed by atoms with Gasteiger partial charge >= 0.3 is 0 Å². The van der Waals surface area contributed by atoms with E-state index in [0.29, 0.717) is 11.8 Å². The zero-order valence-electron chi connectivity index (χ0n) is 15.2. The minimum atomic E-state index is -5.99. The third kappa shape index (κ3) is 5.96. The number of phosphoric acid groups is 3. The molecule has 0 aromatic carbocycles. The summed E-state index contributed by atoms with van der Waals surface area (Å²) in [5.74, 6) is 1.85. The van der Waals surface area contributed by atoms with Crippen LogP contribution < -0.4 is 19.6 Å². The van der Waals surface area contributed by atoms with Gasteiger partial charge in [-0.2, -0.15) is 0 Å². The van der Waals surface area contributed by atoms with E-state index in [1.807, 2.05) is 6.92 Å². The maximum absolute atomic E-state index is 11.6. The molecule has 0 aromatic rings. The Morgan fingerprint density at radius 2 is 1.57 bits per heavy atom. The molecule has 1 aliphatic heterocycles. The molecule has 3 rings (SSSR count). The van der Waals surface area contributed by atoms with E-state index in [2.05, 4.69) is 13.1 Å². The van der Waals surface area contributed by atoms with Crippen molar-refractivity contribution in [1.29, 1.82) is 0 Å². The molecule has 0 radical (unpaired) electrons. The van der Waals surface area contributed by atoms with E-state index >= 15 is 0 Å². The average molecular weight is 460 g/mol. The van der Waals surface area contributed by atoms with Gasteiger partial charge in [0.15, 0.2) is 0 Å². The molecule has 3 fully saturated rings. The molecule has 0 aromatic heterocycles. The van der Waals surface area contributed by atoms with Crippen molar-refractivity contribution in [2.75, 3.05) is 6.61 Å². The van der Waals surface area contributed by atoms with Crippen LogP contribution in [0.5, 0.6) is 0 Å². The van der Waals surface area contributed by atoms with Gasteiger partial charge in [0.1, 0.15) is 0 Å². The van der Waals surface area contributed by atoms with Gasteiger partial charge in [0, 0.05) is 0 Å². The SMILES string of the molecule is CC1C[C@H](C2CC[C@H]2C2CCC2)O[C@@H]1COP(=O)([O-])OP(=O)([O-])OP(=O)([O-])[O-]. The van der Waals surface area contributed by atoms with Crippen molar-refractivity contribution in [1.82, 2.24) is 0 Å². The van der Waals surface area contributed by atoms with Crippen LogP contribution in [-0.4, -0.2) is 18.8 Å². The molecule has 1 saturated heterocycles. The van der Waals surface area contributed by atoms with Gasteiger partial charge in [-0.1, -0.05) is 26.2 Å². The van der Waals surface area contributed by atoms with E-state index in [4.69, 9.17) is 4.74 Å². The van der Waals surface area contributed by atoms with Gasteiger partial charge in [-0.05, 0) is 42.9 Å². The zero-order chi connectivity index (χ0) is 20.7. The number of rotatable bonds is 9. The highest BCUT2D eigenvalue weighted by Crippen LogP contribution is 2.60. The van der Waals surface area contributed by atoms with Gasteiger partial charge < -0.3 is 33.4 Å². The van der Waals surface area contributed by atoms with E-state index in [0.717, 1.165) is 18.8 Å².